The van der Waals surface area contributed by atoms with Crippen LogP contribution in [0.1, 0.15) is 27.2 Å². The Morgan fingerprint density at radius 1 is 1.64 bits per heavy atom. The zero-order valence-electron chi connectivity index (χ0n) is 7.10. The first-order valence-electron chi connectivity index (χ1n) is 3.98. The first kappa shape index (κ1) is 9.82. The van der Waals surface area contributed by atoms with E-state index in [9.17, 15) is 0 Å². The molecule has 0 aromatic carbocycles. The summed E-state index contributed by atoms with van der Waals surface area (Å²) < 4.78 is 5.62. The Balaban J connectivity index is 2.71. The summed E-state index contributed by atoms with van der Waals surface area (Å²) in [6.07, 6.45) is 1.34. The van der Waals surface area contributed by atoms with Gasteiger partial charge in [0.25, 0.3) is 0 Å². The number of ether oxygens (including phenoxy) is 1. The third-order valence-electron chi connectivity index (χ3n) is 2.59. The minimum atomic E-state index is -0.249. The fourth-order valence-corrected chi connectivity index (χ4v) is 2.31. The second kappa shape index (κ2) is 3.23. The Bertz CT molecular complexity index is 149. The van der Waals surface area contributed by atoms with Crippen molar-refractivity contribution in [2.24, 2.45) is 5.92 Å². The van der Waals surface area contributed by atoms with E-state index in [1.807, 2.05) is 6.92 Å². The highest BCUT2D eigenvalue weighted by atomic mass is 79.9. The average molecular weight is 242 g/mol. The maximum atomic E-state index is 6.27. The largest absolute Gasteiger partial charge is 0.362 e. The van der Waals surface area contributed by atoms with Crippen LogP contribution in [0.25, 0.3) is 0 Å². The van der Waals surface area contributed by atoms with Gasteiger partial charge in [0.15, 0.2) is 0 Å². The van der Waals surface area contributed by atoms with Gasteiger partial charge < -0.3 is 4.74 Å². The molecule has 0 radical (unpaired) electrons. The van der Waals surface area contributed by atoms with Crippen LogP contribution in [0.2, 0.25) is 0 Å². The molecule has 11 heavy (non-hydrogen) atoms. The number of hydrogen-bond donors (Lipinski definition) is 0. The minimum absolute atomic E-state index is 0.00313. The van der Waals surface area contributed by atoms with Gasteiger partial charge in [-0.1, -0.05) is 29.8 Å². The SMILES string of the molecule is CC[C@H]1O[C@H](Br)[C@](C)(Cl)[C@@H]1C. The second-order valence-electron chi connectivity index (χ2n) is 3.34. The smallest absolute Gasteiger partial charge is 0.132 e. The Morgan fingerprint density at radius 2 is 2.18 bits per heavy atom. The number of alkyl halides is 2. The van der Waals surface area contributed by atoms with Crippen LogP contribution in [0, 0.1) is 5.92 Å². The zero-order chi connectivity index (χ0) is 8.65. The molecular weight excluding hydrogens is 227 g/mol. The van der Waals surface area contributed by atoms with Crippen LogP contribution < -0.4 is 0 Å². The monoisotopic (exact) mass is 240 g/mol. The molecule has 66 valence electrons. The van der Waals surface area contributed by atoms with Crippen LogP contribution in [0.5, 0.6) is 0 Å². The van der Waals surface area contributed by atoms with Gasteiger partial charge in [0.2, 0.25) is 0 Å². The first-order chi connectivity index (χ1) is 5.00. The van der Waals surface area contributed by atoms with Crippen LogP contribution in [0.15, 0.2) is 0 Å². The molecule has 1 saturated heterocycles. The molecule has 1 fully saturated rings. The van der Waals surface area contributed by atoms with Gasteiger partial charge in [-0.25, -0.2) is 0 Å². The van der Waals surface area contributed by atoms with Crippen molar-refractivity contribution >= 4 is 27.5 Å². The molecule has 0 N–H and O–H groups in total. The van der Waals surface area contributed by atoms with Gasteiger partial charge in [-0.15, -0.1) is 11.6 Å². The lowest BCUT2D eigenvalue weighted by molar-refractivity contribution is 0.0774. The highest BCUT2D eigenvalue weighted by molar-refractivity contribution is 9.09. The molecule has 0 unspecified atom stereocenters. The molecule has 1 rings (SSSR count). The fraction of sp³-hybridized carbons (Fsp3) is 1.00. The molecule has 1 nitrogen and oxygen atoms in total. The maximum Gasteiger partial charge on any atom is 0.132 e. The van der Waals surface area contributed by atoms with Gasteiger partial charge in [0.05, 0.1) is 11.0 Å². The Kier molecular flexibility index (Phi) is 2.88. The lowest BCUT2D eigenvalue weighted by Crippen LogP contribution is -2.30. The van der Waals surface area contributed by atoms with E-state index >= 15 is 0 Å². The summed E-state index contributed by atoms with van der Waals surface area (Å²) in [5.74, 6) is 0.415. The van der Waals surface area contributed by atoms with E-state index in [4.69, 9.17) is 16.3 Å². The molecule has 0 aromatic rings. The van der Waals surface area contributed by atoms with Crippen molar-refractivity contribution in [3.8, 4) is 0 Å². The zero-order valence-corrected chi connectivity index (χ0v) is 9.45. The Hall–Kier alpha value is 0.730. The minimum Gasteiger partial charge on any atom is -0.362 e. The second-order valence-corrected chi connectivity index (χ2v) is 4.98. The summed E-state index contributed by atoms with van der Waals surface area (Å²) in [7, 11) is 0. The van der Waals surface area contributed by atoms with Crippen LogP contribution in [0.4, 0.5) is 0 Å². The normalized spacial score (nSPS) is 51.5. The van der Waals surface area contributed by atoms with Crippen molar-refractivity contribution < 1.29 is 4.74 Å². The summed E-state index contributed by atoms with van der Waals surface area (Å²) >= 11 is 9.70. The molecule has 1 aliphatic rings. The Labute approximate surface area is 81.6 Å². The standard InChI is InChI=1S/C8H14BrClO/c1-4-6-5(2)8(3,10)7(9)11-6/h5-7H,4H2,1-3H3/t5-,6-,7+,8-/m1/s1. The lowest BCUT2D eigenvalue weighted by atomic mass is 9.92. The molecule has 0 amide bonds. The van der Waals surface area contributed by atoms with Gasteiger partial charge in [0, 0.05) is 5.92 Å². The molecule has 3 heteroatoms. The van der Waals surface area contributed by atoms with E-state index in [0.717, 1.165) is 6.42 Å². The van der Waals surface area contributed by atoms with E-state index in [1.54, 1.807) is 0 Å². The van der Waals surface area contributed by atoms with E-state index < -0.39 is 0 Å². The summed E-state index contributed by atoms with van der Waals surface area (Å²) in [5.41, 5.74) is 0. The predicted molar refractivity (Wildman–Crippen MR) is 51.3 cm³/mol. The molecule has 1 aliphatic heterocycles. The van der Waals surface area contributed by atoms with E-state index in [0.29, 0.717) is 12.0 Å². The van der Waals surface area contributed by atoms with Gasteiger partial charge in [-0.2, -0.15) is 0 Å². The third-order valence-corrected chi connectivity index (χ3v) is 4.56. The quantitative estimate of drug-likeness (QED) is 0.641. The van der Waals surface area contributed by atoms with Crippen molar-refractivity contribution in [2.45, 2.75) is 43.2 Å². The number of hydrogen-bond acceptors (Lipinski definition) is 1. The Morgan fingerprint density at radius 3 is 2.36 bits per heavy atom. The number of rotatable bonds is 1. The highest BCUT2D eigenvalue weighted by Gasteiger charge is 2.48. The molecule has 0 aromatic heterocycles. The summed E-state index contributed by atoms with van der Waals surface area (Å²) in [4.78, 5) is -0.249. The summed E-state index contributed by atoms with van der Waals surface area (Å²) in [5, 5.41) is -0.00313. The topological polar surface area (TPSA) is 9.23 Å². The summed E-state index contributed by atoms with van der Waals surface area (Å²) in [6.45, 7) is 6.29. The van der Waals surface area contributed by atoms with Crippen molar-refractivity contribution in [3.05, 3.63) is 0 Å². The van der Waals surface area contributed by atoms with Gasteiger partial charge in [-0.05, 0) is 13.3 Å². The van der Waals surface area contributed by atoms with Crippen molar-refractivity contribution in [1.29, 1.82) is 0 Å². The van der Waals surface area contributed by atoms with Crippen LogP contribution in [-0.4, -0.2) is 16.0 Å². The molecule has 0 bridgehead atoms. The third kappa shape index (κ3) is 1.58. The molecule has 4 atom stereocenters. The predicted octanol–water partition coefficient (Wildman–Crippen LogP) is 3.15. The molecule has 1 heterocycles. The van der Waals surface area contributed by atoms with Crippen molar-refractivity contribution in [1.82, 2.24) is 0 Å². The number of halogens is 2. The van der Waals surface area contributed by atoms with Crippen LogP contribution in [-0.2, 0) is 4.74 Å². The van der Waals surface area contributed by atoms with E-state index in [-0.39, 0.29) is 9.89 Å². The molecule has 0 saturated carbocycles. The van der Waals surface area contributed by atoms with Crippen LogP contribution >= 0.6 is 27.5 Å². The molecule has 0 aliphatic carbocycles. The molecular formula is C8H14BrClO. The van der Waals surface area contributed by atoms with Crippen molar-refractivity contribution in [2.75, 3.05) is 0 Å². The van der Waals surface area contributed by atoms with Gasteiger partial charge in [0.1, 0.15) is 5.01 Å². The van der Waals surface area contributed by atoms with Crippen molar-refractivity contribution in [3.63, 3.8) is 0 Å². The average Bonchev–Trinajstić information content (AvgIpc) is 2.14. The highest BCUT2D eigenvalue weighted by Crippen LogP contribution is 2.44. The van der Waals surface area contributed by atoms with Crippen LogP contribution in [0.3, 0.4) is 0 Å². The lowest BCUT2D eigenvalue weighted by Gasteiger charge is -2.22. The van der Waals surface area contributed by atoms with E-state index in [1.165, 1.54) is 0 Å². The van der Waals surface area contributed by atoms with Gasteiger partial charge >= 0.3 is 0 Å². The van der Waals surface area contributed by atoms with Gasteiger partial charge in [-0.3, -0.25) is 0 Å². The van der Waals surface area contributed by atoms with E-state index in [2.05, 4.69) is 29.8 Å². The maximum absolute atomic E-state index is 6.27. The summed E-state index contributed by atoms with van der Waals surface area (Å²) in [6, 6.07) is 0. The first-order valence-corrected chi connectivity index (χ1v) is 5.28. The fourth-order valence-electron chi connectivity index (χ4n) is 1.42. The molecule has 0 spiro atoms.